The zero-order valence-electron chi connectivity index (χ0n) is 8.46. The van der Waals surface area contributed by atoms with Crippen molar-refractivity contribution in [3.63, 3.8) is 0 Å². The van der Waals surface area contributed by atoms with E-state index in [0.29, 0.717) is 0 Å². The van der Waals surface area contributed by atoms with Gasteiger partial charge in [-0.05, 0) is 30.7 Å². The molecular formula is C11H16BrN2+. The average Bonchev–Trinajstić information content (AvgIpc) is 2.19. The summed E-state index contributed by atoms with van der Waals surface area (Å²) in [5.41, 5.74) is 2.75. The second kappa shape index (κ2) is 4.32. The quantitative estimate of drug-likeness (QED) is 0.798. The number of aryl methyl sites for hydroxylation is 1. The molecule has 14 heavy (non-hydrogen) atoms. The normalized spacial score (nSPS) is 17.1. The molecule has 0 aliphatic carbocycles. The molecule has 3 heteroatoms. The third kappa shape index (κ3) is 2.10. The Kier molecular flexibility index (Phi) is 3.08. The maximum absolute atomic E-state index is 3.50. The van der Waals surface area contributed by atoms with Crippen LogP contribution in [-0.2, 0) is 0 Å². The summed E-state index contributed by atoms with van der Waals surface area (Å²) < 4.78 is 1.17. The molecule has 1 heterocycles. The van der Waals surface area contributed by atoms with E-state index in [-0.39, 0.29) is 0 Å². The first kappa shape index (κ1) is 9.99. The molecule has 0 amide bonds. The minimum absolute atomic E-state index is 1.17. The summed E-state index contributed by atoms with van der Waals surface area (Å²) in [6.07, 6.45) is 0. The molecular weight excluding hydrogens is 240 g/mol. The summed E-state index contributed by atoms with van der Waals surface area (Å²) in [4.78, 5) is 2.47. The molecule has 1 aromatic carbocycles. The van der Waals surface area contributed by atoms with Crippen LogP contribution in [0.15, 0.2) is 22.7 Å². The van der Waals surface area contributed by atoms with E-state index in [4.69, 9.17) is 0 Å². The monoisotopic (exact) mass is 255 g/mol. The number of quaternary nitrogens is 1. The third-order valence-electron chi connectivity index (χ3n) is 2.71. The van der Waals surface area contributed by atoms with Crippen molar-refractivity contribution >= 4 is 21.6 Å². The summed E-state index contributed by atoms with van der Waals surface area (Å²) in [7, 11) is 0. The summed E-state index contributed by atoms with van der Waals surface area (Å²) in [6, 6.07) is 6.53. The minimum Gasteiger partial charge on any atom is -0.360 e. The minimum atomic E-state index is 1.17. The van der Waals surface area contributed by atoms with E-state index in [1.54, 1.807) is 0 Å². The summed E-state index contributed by atoms with van der Waals surface area (Å²) in [6.45, 7) is 6.95. The van der Waals surface area contributed by atoms with Gasteiger partial charge >= 0.3 is 0 Å². The number of halogens is 1. The Labute approximate surface area is 93.4 Å². The van der Waals surface area contributed by atoms with Crippen LogP contribution in [0.1, 0.15) is 5.56 Å². The largest absolute Gasteiger partial charge is 0.360 e. The summed E-state index contributed by atoms with van der Waals surface area (Å²) in [5.74, 6) is 0. The second-order valence-corrected chi connectivity index (χ2v) is 4.70. The van der Waals surface area contributed by atoms with Gasteiger partial charge < -0.3 is 10.2 Å². The Hall–Kier alpha value is -0.540. The van der Waals surface area contributed by atoms with E-state index < -0.39 is 0 Å². The van der Waals surface area contributed by atoms with Crippen LogP contribution in [0.5, 0.6) is 0 Å². The molecule has 0 radical (unpaired) electrons. The van der Waals surface area contributed by atoms with Crippen LogP contribution in [-0.4, -0.2) is 26.2 Å². The lowest BCUT2D eigenvalue weighted by Crippen LogP contribution is -2.89. The maximum Gasteiger partial charge on any atom is 0.0934 e. The number of nitrogens with two attached hydrogens (primary N) is 1. The van der Waals surface area contributed by atoms with E-state index in [9.17, 15) is 0 Å². The molecule has 0 atom stereocenters. The van der Waals surface area contributed by atoms with Crippen molar-refractivity contribution < 1.29 is 5.32 Å². The van der Waals surface area contributed by atoms with E-state index in [0.717, 1.165) is 0 Å². The SMILES string of the molecule is Cc1cc(Br)ccc1N1CC[NH2+]CC1. The predicted molar refractivity (Wildman–Crippen MR) is 62.8 cm³/mol. The van der Waals surface area contributed by atoms with E-state index >= 15 is 0 Å². The molecule has 0 aromatic heterocycles. The molecule has 2 rings (SSSR count). The lowest BCUT2D eigenvalue weighted by atomic mass is 10.1. The van der Waals surface area contributed by atoms with Gasteiger partial charge in [-0.2, -0.15) is 0 Å². The highest BCUT2D eigenvalue weighted by molar-refractivity contribution is 9.10. The fourth-order valence-corrected chi connectivity index (χ4v) is 2.44. The zero-order valence-corrected chi connectivity index (χ0v) is 10.0. The fourth-order valence-electron chi connectivity index (χ4n) is 1.96. The summed E-state index contributed by atoms with van der Waals surface area (Å²) in [5, 5.41) is 2.38. The Morgan fingerprint density at radius 1 is 1.29 bits per heavy atom. The van der Waals surface area contributed by atoms with Crippen LogP contribution in [0.2, 0.25) is 0 Å². The third-order valence-corrected chi connectivity index (χ3v) is 3.20. The predicted octanol–water partition coefficient (Wildman–Crippen LogP) is 1.14. The van der Waals surface area contributed by atoms with Crippen LogP contribution in [0, 0.1) is 6.92 Å². The van der Waals surface area contributed by atoms with Gasteiger partial charge in [0.25, 0.3) is 0 Å². The van der Waals surface area contributed by atoms with Crippen molar-refractivity contribution in [3.05, 3.63) is 28.2 Å². The van der Waals surface area contributed by atoms with Crippen LogP contribution in [0.4, 0.5) is 5.69 Å². The first-order chi connectivity index (χ1) is 6.77. The topological polar surface area (TPSA) is 19.9 Å². The van der Waals surface area contributed by atoms with Crippen LogP contribution in [0.3, 0.4) is 0 Å². The number of benzene rings is 1. The van der Waals surface area contributed by atoms with Gasteiger partial charge in [0.15, 0.2) is 0 Å². The Bertz CT molecular complexity index is 319. The molecule has 76 valence electrons. The summed E-state index contributed by atoms with van der Waals surface area (Å²) >= 11 is 3.50. The van der Waals surface area contributed by atoms with Crippen LogP contribution < -0.4 is 10.2 Å². The van der Waals surface area contributed by atoms with Crippen molar-refractivity contribution in [2.75, 3.05) is 31.1 Å². The van der Waals surface area contributed by atoms with Crippen LogP contribution in [0.25, 0.3) is 0 Å². The van der Waals surface area contributed by atoms with Gasteiger partial charge in [-0.1, -0.05) is 15.9 Å². The number of hydrogen-bond acceptors (Lipinski definition) is 1. The number of anilines is 1. The van der Waals surface area contributed by atoms with Crippen molar-refractivity contribution in [1.82, 2.24) is 0 Å². The molecule has 0 spiro atoms. The Morgan fingerprint density at radius 2 is 2.00 bits per heavy atom. The van der Waals surface area contributed by atoms with Crippen LogP contribution >= 0.6 is 15.9 Å². The molecule has 1 fully saturated rings. The molecule has 0 bridgehead atoms. The highest BCUT2D eigenvalue weighted by Crippen LogP contribution is 2.23. The first-order valence-electron chi connectivity index (χ1n) is 5.10. The number of hydrogen-bond donors (Lipinski definition) is 1. The standard InChI is InChI=1S/C11H15BrN2/c1-9-8-10(12)2-3-11(9)14-6-4-13-5-7-14/h2-3,8,13H,4-7H2,1H3/p+1. The number of nitrogens with zero attached hydrogens (tertiary/aromatic N) is 1. The lowest BCUT2D eigenvalue weighted by Gasteiger charge is -2.28. The fraction of sp³-hybridized carbons (Fsp3) is 0.455. The molecule has 2 nitrogen and oxygen atoms in total. The van der Waals surface area contributed by atoms with Gasteiger partial charge in [0.2, 0.25) is 0 Å². The molecule has 2 N–H and O–H groups in total. The van der Waals surface area contributed by atoms with Crippen molar-refractivity contribution in [3.8, 4) is 0 Å². The molecule has 1 aliphatic heterocycles. The first-order valence-corrected chi connectivity index (χ1v) is 5.89. The van der Waals surface area contributed by atoms with E-state index in [1.807, 2.05) is 0 Å². The van der Waals surface area contributed by atoms with Crippen molar-refractivity contribution in [1.29, 1.82) is 0 Å². The molecule has 0 saturated carbocycles. The van der Waals surface area contributed by atoms with Gasteiger partial charge in [0.1, 0.15) is 0 Å². The van der Waals surface area contributed by atoms with E-state index in [2.05, 4.69) is 51.3 Å². The molecule has 1 saturated heterocycles. The van der Waals surface area contributed by atoms with Gasteiger partial charge in [0.05, 0.1) is 26.2 Å². The van der Waals surface area contributed by atoms with Gasteiger partial charge in [-0.3, -0.25) is 0 Å². The van der Waals surface area contributed by atoms with Crippen molar-refractivity contribution in [2.45, 2.75) is 6.92 Å². The smallest absolute Gasteiger partial charge is 0.0934 e. The highest BCUT2D eigenvalue weighted by atomic mass is 79.9. The molecule has 1 aromatic rings. The number of rotatable bonds is 1. The maximum atomic E-state index is 3.50. The number of piperazine rings is 1. The zero-order chi connectivity index (χ0) is 9.97. The highest BCUT2D eigenvalue weighted by Gasteiger charge is 2.14. The van der Waals surface area contributed by atoms with Gasteiger partial charge in [-0.25, -0.2) is 0 Å². The lowest BCUT2D eigenvalue weighted by molar-refractivity contribution is -0.655. The Balaban J connectivity index is 2.22. The van der Waals surface area contributed by atoms with Gasteiger partial charge in [-0.15, -0.1) is 0 Å². The molecule has 0 unspecified atom stereocenters. The van der Waals surface area contributed by atoms with Crippen molar-refractivity contribution in [2.24, 2.45) is 0 Å². The molecule has 1 aliphatic rings. The van der Waals surface area contributed by atoms with E-state index in [1.165, 1.54) is 41.9 Å². The average molecular weight is 256 g/mol. The van der Waals surface area contributed by atoms with Gasteiger partial charge in [0, 0.05) is 10.2 Å². The Morgan fingerprint density at radius 3 is 2.64 bits per heavy atom. The second-order valence-electron chi connectivity index (χ2n) is 3.78.